The highest BCUT2D eigenvalue weighted by atomic mass is 19.4. The molecule has 0 spiro atoms. The Morgan fingerprint density at radius 2 is 1.85 bits per heavy atom. The van der Waals surface area contributed by atoms with Crippen LogP contribution >= 0.6 is 0 Å². The van der Waals surface area contributed by atoms with E-state index in [2.05, 4.69) is 10.1 Å². The Kier molecular flexibility index (Phi) is 6.07. The Morgan fingerprint density at radius 3 is 2.46 bits per heavy atom. The lowest BCUT2D eigenvalue weighted by Crippen LogP contribution is -2.36. The van der Waals surface area contributed by atoms with Gasteiger partial charge in [0.15, 0.2) is 6.10 Å². The molecule has 0 fully saturated rings. The van der Waals surface area contributed by atoms with E-state index in [1.54, 1.807) is 30.3 Å². The Bertz CT molecular complexity index is 799. The Balaban J connectivity index is 1.94. The maximum Gasteiger partial charge on any atom is 0.573 e. The van der Waals surface area contributed by atoms with Crippen molar-refractivity contribution in [2.75, 3.05) is 0 Å². The summed E-state index contributed by atoms with van der Waals surface area (Å²) < 4.78 is 46.6. The average Bonchev–Trinajstić information content (AvgIpc) is 2.60. The minimum atomic E-state index is -4.81. The number of halogens is 3. The van der Waals surface area contributed by atoms with Crippen LogP contribution < -0.4 is 14.8 Å². The van der Waals surface area contributed by atoms with Gasteiger partial charge in [-0.3, -0.25) is 4.79 Å². The van der Waals surface area contributed by atoms with Crippen molar-refractivity contribution in [3.8, 4) is 17.6 Å². The van der Waals surface area contributed by atoms with E-state index in [9.17, 15) is 18.0 Å². The van der Waals surface area contributed by atoms with Crippen molar-refractivity contribution in [3.05, 3.63) is 59.7 Å². The van der Waals surface area contributed by atoms with Gasteiger partial charge in [-0.15, -0.1) is 13.2 Å². The lowest BCUT2D eigenvalue weighted by Gasteiger charge is -2.16. The van der Waals surface area contributed by atoms with Crippen molar-refractivity contribution in [1.82, 2.24) is 5.32 Å². The number of hydrogen-bond acceptors (Lipinski definition) is 4. The minimum absolute atomic E-state index is 0.147. The van der Waals surface area contributed by atoms with Crippen LogP contribution in [0.25, 0.3) is 0 Å². The van der Waals surface area contributed by atoms with Crippen LogP contribution in [0, 0.1) is 11.3 Å². The number of para-hydroxylation sites is 1. The third-order valence-electron chi connectivity index (χ3n) is 3.32. The summed E-state index contributed by atoms with van der Waals surface area (Å²) in [5.41, 5.74) is 0.638. The molecule has 0 bridgehead atoms. The molecule has 0 saturated carbocycles. The Morgan fingerprint density at radius 1 is 1.19 bits per heavy atom. The maximum absolute atomic E-state index is 12.4. The molecule has 0 aromatic heterocycles. The van der Waals surface area contributed by atoms with Crippen LogP contribution in [-0.2, 0) is 11.3 Å². The Labute approximate surface area is 148 Å². The van der Waals surface area contributed by atoms with Gasteiger partial charge in [-0.05, 0) is 37.3 Å². The van der Waals surface area contributed by atoms with Gasteiger partial charge in [0.2, 0.25) is 0 Å². The summed E-state index contributed by atoms with van der Waals surface area (Å²) in [5, 5.41) is 11.2. The zero-order chi connectivity index (χ0) is 19.2. The van der Waals surface area contributed by atoms with Crippen molar-refractivity contribution in [2.45, 2.75) is 25.9 Å². The lowest BCUT2D eigenvalue weighted by molar-refractivity contribution is -0.274. The summed E-state index contributed by atoms with van der Waals surface area (Å²) in [6.45, 7) is 1.36. The van der Waals surface area contributed by atoms with E-state index in [4.69, 9.17) is 10.00 Å². The zero-order valence-corrected chi connectivity index (χ0v) is 13.7. The molecule has 0 aliphatic carbocycles. The maximum atomic E-state index is 12.4. The highest BCUT2D eigenvalue weighted by molar-refractivity contribution is 5.80. The predicted molar refractivity (Wildman–Crippen MR) is 86.2 cm³/mol. The average molecular weight is 364 g/mol. The molecule has 0 saturated heterocycles. The predicted octanol–water partition coefficient (Wildman–Crippen LogP) is 3.54. The molecule has 8 heteroatoms. The lowest BCUT2D eigenvalue weighted by atomic mass is 10.2. The molecule has 0 heterocycles. The number of benzene rings is 2. The van der Waals surface area contributed by atoms with Crippen LogP contribution in [0.3, 0.4) is 0 Å². The van der Waals surface area contributed by atoms with Gasteiger partial charge in [0.05, 0.1) is 11.6 Å². The minimum Gasteiger partial charge on any atom is -0.481 e. The van der Waals surface area contributed by atoms with Gasteiger partial charge < -0.3 is 14.8 Å². The van der Waals surface area contributed by atoms with E-state index < -0.39 is 18.4 Å². The number of carbonyl (C=O) groups excluding carboxylic acids is 1. The monoisotopic (exact) mass is 364 g/mol. The molecule has 0 radical (unpaired) electrons. The van der Waals surface area contributed by atoms with Crippen LogP contribution in [0.5, 0.6) is 11.5 Å². The van der Waals surface area contributed by atoms with E-state index in [1.165, 1.54) is 25.1 Å². The Hall–Kier alpha value is -3.21. The third-order valence-corrected chi connectivity index (χ3v) is 3.32. The molecular formula is C18H15F3N2O3. The molecule has 0 aliphatic rings. The normalized spacial score (nSPS) is 12.0. The molecule has 1 N–H and O–H groups in total. The van der Waals surface area contributed by atoms with Crippen molar-refractivity contribution in [2.24, 2.45) is 0 Å². The summed E-state index contributed by atoms with van der Waals surface area (Å²) >= 11 is 0. The second-order valence-electron chi connectivity index (χ2n) is 5.27. The fraction of sp³-hybridized carbons (Fsp3) is 0.222. The van der Waals surface area contributed by atoms with Crippen LogP contribution in [0.15, 0.2) is 48.5 Å². The second-order valence-corrected chi connectivity index (χ2v) is 5.27. The van der Waals surface area contributed by atoms with E-state index in [-0.39, 0.29) is 17.9 Å². The SMILES string of the molecule is CC(Oc1ccc(C#N)cc1)C(=O)NCc1ccccc1OC(F)(F)F. The first kappa shape index (κ1) is 19.1. The van der Waals surface area contributed by atoms with E-state index in [0.29, 0.717) is 11.3 Å². The van der Waals surface area contributed by atoms with Crippen molar-refractivity contribution >= 4 is 5.91 Å². The van der Waals surface area contributed by atoms with Gasteiger partial charge >= 0.3 is 6.36 Å². The highest BCUT2D eigenvalue weighted by Gasteiger charge is 2.32. The number of nitriles is 1. The number of carbonyl (C=O) groups is 1. The standard InChI is InChI=1S/C18H15F3N2O3/c1-12(25-15-8-6-13(10-22)7-9-15)17(24)23-11-14-4-2-3-5-16(14)26-18(19,20)21/h2-9,12H,11H2,1H3,(H,23,24). The van der Waals surface area contributed by atoms with Crippen LogP contribution in [0.1, 0.15) is 18.1 Å². The number of amides is 1. The molecule has 2 aromatic rings. The zero-order valence-electron chi connectivity index (χ0n) is 13.7. The molecule has 2 aromatic carbocycles. The molecule has 1 amide bonds. The van der Waals surface area contributed by atoms with Crippen molar-refractivity contribution < 1.29 is 27.4 Å². The topological polar surface area (TPSA) is 71.3 Å². The fourth-order valence-electron chi connectivity index (χ4n) is 2.07. The van der Waals surface area contributed by atoms with Gasteiger partial charge in [-0.25, -0.2) is 0 Å². The number of hydrogen-bond donors (Lipinski definition) is 1. The summed E-state index contributed by atoms with van der Waals surface area (Å²) in [6.07, 6.45) is -5.69. The summed E-state index contributed by atoms with van der Waals surface area (Å²) in [6, 6.07) is 13.7. The van der Waals surface area contributed by atoms with Crippen LogP contribution in [0.2, 0.25) is 0 Å². The third kappa shape index (κ3) is 5.70. The molecule has 5 nitrogen and oxygen atoms in total. The van der Waals surface area contributed by atoms with Gasteiger partial charge in [0.1, 0.15) is 11.5 Å². The first-order chi connectivity index (χ1) is 12.3. The number of alkyl halides is 3. The largest absolute Gasteiger partial charge is 0.573 e. The quantitative estimate of drug-likeness (QED) is 0.851. The van der Waals surface area contributed by atoms with Gasteiger partial charge in [0.25, 0.3) is 5.91 Å². The molecule has 136 valence electrons. The molecule has 1 unspecified atom stereocenters. The van der Waals surface area contributed by atoms with E-state index in [0.717, 1.165) is 0 Å². The van der Waals surface area contributed by atoms with Gasteiger partial charge in [-0.2, -0.15) is 5.26 Å². The number of ether oxygens (including phenoxy) is 2. The summed E-state index contributed by atoms with van der Waals surface area (Å²) in [7, 11) is 0. The molecular weight excluding hydrogens is 349 g/mol. The van der Waals surface area contributed by atoms with E-state index >= 15 is 0 Å². The van der Waals surface area contributed by atoms with Gasteiger partial charge in [0, 0.05) is 12.1 Å². The highest BCUT2D eigenvalue weighted by Crippen LogP contribution is 2.26. The molecule has 26 heavy (non-hydrogen) atoms. The number of nitrogens with one attached hydrogen (secondary N) is 1. The molecule has 2 rings (SSSR count). The summed E-state index contributed by atoms with van der Waals surface area (Å²) in [5.74, 6) is -0.482. The smallest absolute Gasteiger partial charge is 0.481 e. The van der Waals surface area contributed by atoms with Crippen LogP contribution in [0.4, 0.5) is 13.2 Å². The van der Waals surface area contributed by atoms with E-state index in [1.807, 2.05) is 6.07 Å². The first-order valence-electron chi connectivity index (χ1n) is 7.56. The summed E-state index contributed by atoms with van der Waals surface area (Å²) in [4.78, 5) is 12.1. The van der Waals surface area contributed by atoms with Crippen molar-refractivity contribution in [1.29, 1.82) is 5.26 Å². The van der Waals surface area contributed by atoms with Crippen molar-refractivity contribution in [3.63, 3.8) is 0 Å². The van der Waals surface area contributed by atoms with Crippen LogP contribution in [-0.4, -0.2) is 18.4 Å². The molecule has 1 atom stereocenters. The van der Waals surface area contributed by atoms with Gasteiger partial charge in [-0.1, -0.05) is 18.2 Å². The fourth-order valence-corrected chi connectivity index (χ4v) is 2.07. The molecule has 0 aliphatic heterocycles. The second kappa shape index (κ2) is 8.25. The first-order valence-corrected chi connectivity index (χ1v) is 7.56. The number of rotatable bonds is 6. The number of nitrogens with zero attached hydrogens (tertiary/aromatic N) is 1.